The van der Waals surface area contributed by atoms with Crippen LogP contribution in [0.15, 0.2) is 30.3 Å². The van der Waals surface area contributed by atoms with E-state index in [2.05, 4.69) is 12.1 Å². The topological polar surface area (TPSA) is 9.23 Å². The van der Waals surface area contributed by atoms with E-state index in [1.54, 1.807) is 0 Å². The number of hydrogen-bond donors (Lipinski definition) is 0. The van der Waals surface area contributed by atoms with E-state index >= 15 is 0 Å². The Morgan fingerprint density at radius 1 is 1.12 bits per heavy atom. The first-order valence-electron chi connectivity index (χ1n) is 6.16. The maximum atomic E-state index is 13.4. The number of hydrogen-bond acceptors (Lipinski definition) is 1. The number of alkyl halides is 1. The van der Waals surface area contributed by atoms with Crippen LogP contribution in [0.5, 0.6) is 0 Å². The van der Waals surface area contributed by atoms with Crippen molar-refractivity contribution in [3.63, 3.8) is 0 Å². The molecule has 1 aliphatic rings. The van der Waals surface area contributed by atoms with Gasteiger partial charge in [0.25, 0.3) is 0 Å². The first-order valence-corrected chi connectivity index (χ1v) is 6.16. The normalized spacial score (nSPS) is 25.6. The molecule has 1 fully saturated rings. The highest BCUT2D eigenvalue weighted by molar-refractivity contribution is 5.14. The lowest BCUT2D eigenvalue weighted by Crippen LogP contribution is -2.29. The Labute approximate surface area is 96.6 Å². The van der Waals surface area contributed by atoms with E-state index in [4.69, 9.17) is 4.74 Å². The van der Waals surface area contributed by atoms with Crippen molar-refractivity contribution in [2.24, 2.45) is 0 Å². The van der Waals surface area contributed by atoms with Crippen molar-refractivity contribution in [1.29, 1.82) is 0 Å². The molecule has 1 aromatic rings. The first kappa shape index (κ1) is 11.6. The minimum Gasteiger partial charge on any atom is -0.375 e. The van der Waals surface area contributed by atoms with Crippen molar-refractivity contribution in [1.82, 2.24) is 0 Å². The Morgan fingerprint density at radius 3 is 2.62 bits per heavy atom. The molecule has 0 aromatic heterocycles. The van der Waals surface area contributed by atoms with Crippen molar-refractivity contribution in [2.75, 3.05) is 6.61 Å². The molecule has 0 N–H and O–H groups in total. The smallest absolute Gasteiger partial charge is 0.126 e. The molecule has 1 saturated carbocycles. The molecule has 88 valence electrons. The first-order chi connectivity index (χ1) is 7.86. The molecule has 2 atom stereocenters. The van der Waals surface area contributed by atoms with Crippen LogP contribution in [0.4, 0.5) is 4.39 Å². The standard InChI is InChI=1S/C14H19FO/c15-13-8-4-5-9-14(13)16-11-10-12-6-2-1-3-7-12/h1-3,6-7,13-14H,4-5,8-11H2/t13-,14-/m1/s1. The molecule has 0 radical (unpaired) electrons. The van der Waals surface area contributed by atoms with Crippen LogP contribution in [0.3, 0.4) is 0 Å². The second-order valence-electron chi connectivity index (χ2n) is 4.45. The van der Waals surface area contributed by atoms with Crippen LogP contribution < -0.4 is 0 Å². The van der Waals surface area contributed by atoms with E-state index in [9.17, 15) is 4.39 Å². The minimum atomic E-state index is -0.746. The van der Waals surface area contributed by atoms with Gasteiger partial charge >= 0.3 is 0 Å². The van der Waals surface area contributed by atoms with Crippen LogP contribution in [-0.4, -0.2) is 18.9 Å². The van der Waals surface area contributed by atoms with Crippen molar-refractivity contribution >= 4 is 0 Å². The lowest BCUT2D eigenvalue weighted by atomic mass is 9.96. The largest absolute Gasteiger partial charge is 0.375 e. The summed E-state index contributed by atoms with van der Waals surface area (Å²) in [5, 5.41) is 0. The molecule has 0 bridgehead atoms. The SMILES string of the molecule is F[C@@H]1CCCC[C@H]1OCCc1ccccc1. The molecule has 0 amide bonds. The van der Waals surface area contributed by atoms with Gasteiger partial charge in [-0.15, -0.1) is 0 Å². The average Bonchev–Trinajstić information content (AvgIpc) is 2.33. The van der Waals surface area contributed by atoms with E-state index in [1.165, 1.54) is 5.56 Å². The molecule has 0 spiro atoms. The molecule has 2 rings (SSSR count). The van der Waals surface area contributed by atoms with E-state index in [0.717, 1.165) is 25.7 Å². The summed E-state index contributed by atoms with van der Waals surface area (Å²) in [6.45, 7) is 0.634. The van der Waals surface area contributed by atoms with Crippen LogP contribution in [-0.2, 0) is 11.2 Å². The molecule has 0 unspecified atom stereocenters. The molecular formula is C14H19FO. The van der Waals surface area contributed by atoms with Crippen LogP contribution in [0.2, 0.25) is 0 Å². The van der Waals surface area contributed by atoms with E-state index < -0.39 is 6.17 Å². The van der Waals surface area contributed by atoms with Crippen LogP contribution in [0.1, 0.15) is 31.2 Å². The molecule has 1 aromatic carbocycles. The highest BCUT2D eigenvalue weighted by Gasteiger charge is 2.24. The van der Waals surface area contributed by atoms with Crippen LogP contribution in [0.25, 0.3) is 0 Å². The van der Waals surface area contributed by atoms with Crippen LogP contribution in [0, 0.1) is 0 Å². The molecule has 0 aliphatic heterocycles. The van der Waals surface area contributed by atoms with Gasteiger partial charge in [-0.05, 0) is 24.8 Å². The zero-order chi connectivity index (χ0) is 11.2. The lowest BCUT2D eigenvalue weighted by molar-refractivity contribution is -0.0229. The van der Waals surface area contributed by atoms with Crippen molar-refractivity contribution in [2.45, 2.75) is 44.4 Å². The maximum absolute atomic E-state index is 13.4. The number of rotatable bonds is 4. The molecule has 1 nitrogen and oxygen atoms in total. The fourth-order valence-electron chi connectivity index (χ4n) is 2.21. The van der Waals surface area contributed by atoms with Gasteiger partial charge in [0.2, 0.25) is 0 Å². The van der Waals surface area contributed by atoms with Gasteiger partial charge in [-0.2, -0.15) is 0 Å². The quantitative estimate of drug-likeness (QED) is 0.757. The van der Waals surface area contributed by atoms with Gasteiger partial charge in [0.1, 0.15) is 6.17 Å². The maximum Gasteiger partial charge on any atom is 0.126 e. The molecular weight excluding hydrogens is 203 g/mol. The fraction of sp³-hybridized carbons (Fsp3) is 0.571. The summed E-state index contributed by atoms with van der Waals surface area (Å²) in [5.74, 6) is 0. The summed E-state index contributed by atoms with van der Waals surface area (Å²) < 4.78 is 19.1. The molecule has 0 saturated heterocycles. The monoisotopic (exact) mass is 222 g/mol. The second-order valence-corrected chi connectivity index (χ2v) is 4.45. The summed E-state index contributed by atoms with van der Waals surface area (Å²) in [7, 11) is 0. The third-order valence-corrected chi connectivity index (χ3v) is 3.19. The fourth-order valence-corrected chi connectivity index (χ4v) is 2.21. The van der Waals surface area contributed by atoms with Gasteiger partial charge in [-0.1, -0.05) is 43.2 Å². The van der Waals surface area contributed by atoms with Crippen molar-refractivity contribution in [3.8, 4) is 0 Å². The highest BCUT2D eigenvalue weighted by Crippen LogP contribution is 2.23. The predicted molar refractivity (Wildman–Crippen MR) is 63.3 cm³/mol. The third-order valence-electron chi connectivity index (χ3n) is 3.19. The number of ether oxygens (including phenoxy) is 1. The van der Waals surface area contributed by atoms with Crippen molar-refractivity contribution < 1.29 is 9.13 Å². The third kappa shape index (κ3) is 3.31. The Kier molecular flexibility index (Phi) is 4.34. The summed E-state index contributed by atoms with van der Waals surface area (Å²) in [4.78, 5) is 0. The molecule has 1 aliphatic carbocycles. The van der Waals surface area contributed by atoms with E-state index in [-0.39, 0.29) is 6.10 Å². The van der Waals surface area contributed by atoms with Gasteiger partial charge in [0.05, 0.1) is 12.7 Å². The van der Waals surface area contributed by atoms with Gasteiger partial charge < -0.3 is 4.74 Å². The molecule has 16 heavy (non-hydrogen) atoms. The Hall–Kier alpha value is -0.890. The predicted octanol–water partition coefficient (Wildman–Crippen LogP) is 3.53. The Bertz CT molecular complexity index is 299. The molecule has 0 heterocycles. The zero-order valence-corrected chi connectivity index (χ0v) is 9.57. The van der Waals surface area contributed by atoms with Gasteiger partial charge in [0, 0.05) is 0 Å². The van der Waals surface area contributed by atoms with Gasteiger partial charge in [-0.3, -0.25) is 0 Å². The van der Waals surface area contributed by atoms with Crippen LogP contribution >= 0.6 is 0 Å². The zero-order valence-electron chi connectivity index (χ0n) is 9.57. The van der Waals surface area contributed by atoms with E-state index in [1.807, 2.05) is 18.2 Å². The number of halogens is 1. The van der Waals surface area contributed by atoms with Gasteiger partial charge in [-0.25, -0.2) is 4.39 Å². The Balaban J connectivity index is 1.71. The summed E-state index contributed by atoms with van der Waals surface area (Å²) in [6.07, 6.45) is 3.66. The second kappa shape index (κ2) is 6.00. The lowest BCUT2D eigenvalue weighted by Gasteiger charge is -2.25. The highest BCUT2D eigenvalue weighted by atomic mass is 19.1. The summed E-state index contributed by atoms with van der Waals surface area (Å²) in [6, 6.07) is 10.2. The van der Waals surface area contributed by atoms with E-state index in [0.29, 0.717) is 13.0 Å². The molecule has 2 heteroatoms. The summed E-state index contributed by atoms with van der Waals surface area (Å²) in [5.41, 5.74) is 1.26. The summed E-state index contributed by atoms with van der Waals surface area (Å²) >= 11 is 0. The average molecular weight is 222 g/mol. The minimum absolute atomic E-state index is 0.155. The number of benzene rings is 1. The van der Waals surface area contributed by atoms with Crippen molar-refractivity contribution in [3.05, 3.63) is 35.9 Å². The van der Waals surface area contributed by atoms with Gasteiger partial charge in [0.15, 0.2) is 0 Å². The Morgan fingerprint density at radius 2 is 1.88 bits per heavy atom.